The Morgan fingerprint density at radius 1 is 1.07 bits per heavy atom. The molecule has 4 N–H and O–H groups in total. The second kappa shape index (κ2) is 6.79. The van der Waals surface area contributed by atoms with Crippen molar-refractivity contribution in [3.8, 4) is 0 Å². The van der Waals surface area contributed by atoms with Crippen LogP contribution in [0.15, 0.2) is 41.2 Å². The van der Waals surface area contributed by atoms with Crippen LogP contribution in [0.5, 0.6) is 0 Å². The number of carbonyl (C=O) groups is 3. The summed E-state index contributed by atoms with van der Waals surface area (Å²) in [5.74, 6) is -3.23. The van der Waals surface area contributed by atoms with E-state index in [4.69, 9.17) is 0 Å². The summed E-state index contributed by atoms with van der Waals surface area (Å²) >= 11 is 0. The lowest BCUT2D eigenvalue weighted by Gasteiger charge is -2.22. The molecule has 1 fully saturated rings. The summed E-state index contributed by atoms with van der Waals surface area (Å²) in [7, 11) is 0. The largest absolute Gasteiger partial charge is 0.325 e. The van der Waals surface area contributed by atoms with Crippen molar-refractivity contribution in [2.45, 2.75) is 12.5 Å². The van der Waals surface area contributed by atoms with Gasteiger partial charge >= 0.3 is 11.7 Å². The Kier molecular flexibility index (Phi) is 4.37. The van der Waals surface area contributed by atoms with Gasteiger partial charge in [0.25, 0.3) is 5.91 Å². The molecule has 0 unspecified atom stereocenters. The van der Waals surface area contributed by atoms with E-state index in [1.165, 1.54) is 19.1 Å². The molecule has 1 saturated heterocycles. The summed E-state index contributed by atoms with van der Waals surface area (Å²) in [5, 5.41) is 4.83. The molecule has 2 heterocycles. The Morgan fingerprint density at radius 2 is 1.80 bits per heavy atom. The molecule has 2 aromatic carbocycles. The summed E-state index contributed by atoms with van der Waals surface area (Å²) in [4.78, 5) is 54.5. The van der Waals surface area contributed by atoms with Gasteiger partial charge in [0.15, 0.2) is 0 Å². The fourth-order valence-electron chi connectivity index (χ4n) is 3.36. The molecule has 11 heteroatoms. The predicted octanol–water partition coefficient (Wildman–Crippen LogP) is 1.54. The molecule has 9 nitrogen and oxygen atoms in total. The number of amides is 4. The van der Waals surface area contributed by atoms with Crippen LogP contribution in [-0.2, 0) is 15.1 Å². The molecular formula is C19H15F2N5O4. The van der Waals surface area contributed by atoms with Crippen LogP contribution in [0.4, 0.5) is 19.3 Å². The molecule has 4 rings (SSSR count). The number of halogens is 2. The van der Waals surface area contributed by atoms with Gasteiger partial charge in [0.05, 0.1) is 11.0 Å². The molecule has 0 saturated carbocycles. The van der Waals surface area contributed by atoms with E-state index >= 15 is 0 Å². The molecule has 1 aliphatic rings. The summed E-state index contributed by atoms with van der Waals surface area (Å²) in [6, 6.07) is 6.26. The molecule has 1 atom stereocenters. The highest BCUT2D eigenvalue weighted by Gasteiger charge is 2.50. The second-order valence-electron chi connectivity index (χ2n) is 6.96. The van der Waals surface area contributed by atoms with Crippen LogP contribution in [0.1, 0.15) is 12.5 Å². The first-order valence-corrected chi connectivity index (χ1v) is 8.79. The van der Waals surface area contributed by atoms with Crippen LogP contribution >= 0.6 is 0 Å². The average Bonchev–Trinajstić information content (AvgIpc) is 3.15. The zero-order valence-electron chi connectivity index (χ0n) is 15.5. The van der Waals surface area contributed by atoms with Gasteiger partial charge in [-0.15, -0.1) is 0 Å². The van der Waals surface area contributed by atoms with Crippen LogP contribution in [0.3, 0.4) is 0 Å². The molecule has 1 aromatic heterocycles. The molecule has 0 aliphatic carbocycles. The number of fused-ring (bicyclic) bond motifs is 1. The van der Waals surface area contributed by atoms with Gasteiger partial charge in [-0.2, -0.15) is 0 Å². The number of urea groups is 1. The van der Waals surface area contributed by atoms with Gasteiger partial charge in [-0.25, -0.2) is 18.4 Å². The Hall–Kier alpha value is -4.02. The number of H-pyrrole nitrogens is 2. The Bertz CT molecular complexity index is 1270. The van der Waals surface area contributed by atoms with Crippen molar-refractivity contribution in [1.29, 1.82) is 0 Å². The standard InChI is InChI=1S/C19H15F2N5O4/c1-19(11-6-9(20)2-4-12(11)21)16(28)26(18(30)25-19)8-15(27)22-10-3-5-13-14(7-10)24-17(29)23-13/h2-7H,8H2,1H3,(H,22,27)(H,25,30)(H2,23,24,29)/t19-/m0/s1. The maximum absolute atomic E-state index is 14.2. The third-order valence-electron chi connectivity index (χ3n) is 4.84. The SMILES string of the molecule is C[C@@]1(c2cc(F)ccc2F)NC(=O)N(CC(=O)Nc2ccc3[nH]c(=O)[nH]c3c2)C1=O. The number of carbonyl (C=O) groups excluding carboxylic acids is 3. The number of rotatable bonds is 4. The van der Waals surface area contributed by atoms with Crippen molar-refractivity contribution >= 4 is 34.6 Å². The molecule has 154 valence electrons. The Morgan fingerprint density at radius 3 is 2.57 bits per heavy atom. The molecular weight excluding hydrogens is 400 g/mol. The fourth-order valence-corrected chi connectivity index (χ4v) is 3.36. The third kappa shape index (κ3) is 3.19. The van der Waals surface area contributed by atoms with Gasteiger partial charge < -0.3 is 20.6 Å². The van der Waals surface area contributed by atoms with Crippen molar-refractivity contribution in [1.82, 2.24) is 20.2 Å². The van der Waals surface area contributed by atoms with Crippen LogP contribution in [0.25, 0.3) is 11.0 Å². The number of nitrogens with one attached hydrogen (secondary N) is 4. The molecule has 0 spiro atoms. The highest BCUT2D eigenvalue weighted by atomic mass is 19.1. The Balaban J connectivity index is 1.53. The van der Waals surface area contributed by atoms with E-state index in [0.29, 0.717) is 21.6 Å². The summed E-state index contributed by atoms with van der Waals surface area (Å²) < 4.78 is 27.7. The minimum Gasteiger partial charge on any atom is -0.324 e. The number of hydrogen-bond donors (Lipinski definition) is 4. The number of anilines is 1. The molecule has 0 bridgehead atoms. The normalized spacial score (nSPS) is 18.7. The molecule has 4 amide bonds. The summed E-state index contributed by atoms with van der Waals surface area (Å²) in [5.41, 5.74) is -1.27. The van der Waals surface area contributed by atoms with Crippen molar-refractivity contribution in [2.24, 2.45) is 0 Å². The minimum atomic E-state index is -1.85. The molecule has 1 aliphatic heterocycles. The average molecular weight is 415 g/mol. The molecule has 3 aromatic rings. The second-order valence-corrected chi connectivity index (χ2v) is 6.96. The van der Waals surface area contributed by atoms with Crippen molar-refractivity contribution < 1.29 is 23.2 Å². The maximum atomic E-state index is 14.2. The first kappa shape index (κ1) is 19.3. The van der Waals surface area contributed by atoms with Crippen LogP contribution in [0.2, 0.25) is 0 Å². The van der Waals surface area contributed by atoms with E-state index in [1.807, 2.05) is 0 Å². The van der Waals surface area contributed by atoms with Gasteiger partial charge in [0.1, 0.15) is 23.7 Å². The first-order chi connectivity index (χ1) is 14.2. The van der Waals surface area contributed by atoms with E-state index in [-0.39, 0.29) is 5.56 Å². The molecule has 30 heavy (non-hydrogen) atoms. The van der Waals surface area contributed by atoms with Crippen LogP contribution in [-0.4, -0.2) is 39.3 Å². The van der Waals surface area contributed by atoms with Crippen molar-refractivity contribution in [3.05, 3.63) is 64.1 Å². The van der Waals surface area contributed by atoms with E-state index in [1.54, 1.807) is 6.07 Å². The quantitative estimate of drug-likeness (QED) is 0.482. The number of imide groups is 1. The van der Waals surface area contributed by atoms with Gasteiger partial charge in [0.2, 0.25) is 5.91 Å². The number of nitrogens with zero attached hydrogens (tertiary/aromatic N) is 1. The van der Waals surface area contributed by atoms with Crippen LogP contribution in [0, 0.1) is 11.6 Å². The number of imidazole rings is 1. The van der Waals surface area contributed by atoms with Gasteiger partial charge in [-0.05, 0) is 43.3 Å². The lowest BCUT2D eigenvalue weighted by Crippen LogP contribution is -2.42. The molecule has 0 radical (unpaired) electrons. The van der Waals surface area contributed by atoms with Gasteiger partial charge in [0, 0.05) is 11.3 Å². The minimum absolute atomic E-state index is 0.328. The van der Waals surface area contributed by atoms with Crippen molar-refractivity contribution in [3.63, 3.8) is 0 Å². The highest BCUT2D eigenvalue weighted by molar-refractivity contribution is 6.10. The smallest absolute Gasteiger partial charge is 0.324 e. The fraction of sp³-hybridized carbons (Fsp3) is 0.158. The highest BCUT2D eigenvalue weighted by Crippen LogP contribution is 2.31. The first-order valence-electron chi connectivity index (χ1n) is 8.79. The topological polar surface area (TPSA) is 127 Å². The van der Waals surface area contributed by atoms with E-state index in [2.05, 4.69) is 20.6 Å². The Labute approximate surface area is 167 Å². The maximum Gasteiger partial charge on any atom is 0.325 e. The number of hydrogen-bond acceptors (Lipinski definition) is 4. The van der Waals surface area contributed by atoms with Gasteiger partial charge in [-0.1, -0.05) is 0 Å². The summed E-state index contributed by atoms with van der Waals surface area (Å²) in [6.45, 7) is 0.595. The number of benzene rings is 2. The predicted molar refractivity (Wildman–Crippen MR) is 102 cm³/mol. The van der Waals surface area contributed by atoms with E-state index in [9.17, 15) is 28.0 Å². The lowest BCUT2D eigenvalue weighted by atomic mass is 9.91. The van der Waals surface area contributed by atoms with Crippen LogP contribution < -0.4 is 16.3 Å². The third-order valence-corrected chi connectivity index (χ3v) is 4.84. The van der Waals surface area contributed by atoms with Gasteiger partial charge in [-0.3, -0.25) is 14.5 Å². The zero-order valence-corrected chi connectivity index (χ0v) is 15.5. The van der Waals surface area contributed by atoms with Crippen molar-refractivity contribution in [2.75, 3.05) is 11.9 Å². The monoisotopic (exact) mass is 415 g/mol. The number of aromatic amines is 2. The zero-order chi connectivity index (χ0) is 21.6. The van der Waals surface area contributed by atoms with E-state index < -0.39 is 47.3 Å². The number of aromatic nitrogens is 2. The van der Waals surface area contributed by atoms with E-state index in [0.717, 1.165) is 18.2 Å². The summed E-state index contributed by atoms with van der Waals surface area (Å²) in [6.07, 6.45) is 0. The lowest BCUT2D eigenvalue weighted by molar-refractivity contribution is -0.133.